The molecule has 0 radical (unpaired) electrons. The molecule has 2 rings (SSSR count). The van der Waals surface area contributed by atoms with E-state index < -0.39 is 0 Å². The van der Waals surface area contributed by atoms with Gasteiger partial charge in [0.15, 0.2) is 5.96 Å². The summed E-state index contributed by atoms with van der Waals surface area (Å²) in [5, 5.41) is 0. The average Bonchev–Trinajstić information content (AvgIpc) is 2.48. The molecule has 21 heavy (non-hydrogen) atoms. The number of benzene rings is 1. The van der Waals surface area contributed by atoms with Gasteiger partial charge in [0.2, 0.25) is 0 Å². The van der Waals surface area contributed by atoms with Gasteiger partial charge in [-0.25, -0.2) is 0 Å². The number of carbonyl (C=O) groups is 1. The van der Waals surface area contributed by atoms with E-state index in [9.17, 15) is 4.79 Å². The highest BCUT2D eigenvalue weighted by Crippen LogP contribution is 2.30. The van der Waals surface area contributed by atoms with E-state index in [1.807, 2.05) is 31.2 Å². The van der Waals surface area contributed by atoms with Gasteiger partial charge in [0.1, 0.15) is 5.75 Å². The molecule has 4 N–H and O–H groups in total. The maximum Gasteiger partial charge on any atom is 0.314 e. The Morgan fingerprint density at radius 3 is 2.38 bits per heavy atom. The molecule has 0 spiro atoms. The Bertz CT molecular complexity index is 499. The zero-order valence-electron chi connectivity index (χ0n) is 12.4. The molecule has 5 nitrogen and oxygen atoms in total. The van der Waals surface area contributed by atoms with Crippen LogP contribution in [0.3, 0.4) is 0 Å². The van der Waals surface area contributed by atoms with Crippen LogP contribution in [0.2, 0.25) is 0 Å². The maximum absolute atomic E-state index is 12.1. The van der Waals surface area contributed by atoms with Crippen LogP contribution in [0.15, 0.2) is 29.3 Å². The number of carbonyl (C=O) groups excluding carboxylic acids is 1. The van der Waals surface area contributed by atoms with Crippen LogP contribution in [-0.4, -0.2) is 18.5 Å². The molecular weight excluding hydrogens is 266 g/mol. The number of guanidine groups is 1. The number of hydrogen-bond acceptors (Lipinski definition) is 3. The minimum absolute atomic E-state index is 0.0123. The quantitative estimate of drug-likeness (QED) is 0.384. The van der Waals surface area contributed by atoms with E-state index in [-0.39, 0.29) is 17.8 Å². The summed E-state index contributed by atoms with van der Waals surface area (Å²) in [4.78, 5) is 16.2. The fourth-order valence-electron chi connectivity index (χ4n) is 2.62. The van der Waals surface area contributed by atoms with Crippen molar-refractivity contribution in [1.82, 2.24) is 0 Å². The molecule has 1 aliphatic rings. The average molecular weight is 289 g/mol. The van der Waals surface area contributed by atoms with E-state index in [0.29, 0.717) is 18.2 Å². The van der Waals surface area contributed by atoms with Gasteiger partial charge in [0.05, 0.1) is 5.92 Å². The van der Waals surface area contributed by atoms with Crippen LogP contribution in [0.5, 0.6) is 5.75 Å². The third-order valence-electron chi connectivity index (χ3n) is 3.95. The summed E-state index contributed by atoms with van der Waals surface area (Å²) in [6, 6.07) is 7.54. The lowest BCUT2D eigenvalue weighted by Crippen LogP contribution is -2.28. The van der Waals surface area contributed by atoms with Crippen LogP contribution in [0.25, 0.3) is 0 Å². The molecule has 0 amide bonds. The molecule has 114 valence electrons. The number of rotatable bonds is 4. The molecule has 1 aliphatic carbocycles. The SMILES string of the molecule is Cc1ccc(OC(=O)C2CCC(CN=C(N)N)CC2)cc1. The number of ether oxygens (including phenoxy) is 1. The minimum atomic E-state index is -0.126. The van der Waals surface area contributed by atoms with Gasteiger partial charge in [-0.3, -0.25) is 9.79 Å². The normalized spacial score (nSPS) is 21.6. The number of nitrogens with zero attached hydrogens (tertiary/aromatic N) is 1. The van der Waals surface area contributed by atoms with Crippen molar-refractivity contribution in [2.75, 3.05) is 6.54 Å². The van der Waals surface area contributed by atoms with Crippen LogP contribution >= 0.6 is 0 Å². The number of aryl methyl sites for hydroxylation is 1. The van der Waals surface area contributed by atoms with Gasteiger partial charge in [0, 0.05) is 6.54 Å². The van der Waals surface area contributed by atoms with Crippen molar-refractivity contribution in [3.8, 4) is 5.75 Å². The molecule has 1 aromatic rings. The van der Waals surface area contributed by atoms with E-state index in [2.05, 4.69) is 4.99 Å². The summed E-state index contributed by atoms with van der Waals surface area (Å²) in [6.07, 6.45) is 3.61. The van der Waals surface area contributed by atoms with Crippen molar-refractivity contribution in [2.45, 2.75) is 32.6 Å². The minimum Gasteiger partial charge on any atom is -0.426 e. The highest BCUT2D eigenvalue weighted by atomic mass is 16.5. The lowest BCUT2D eigenvalue weighted by atomic mass is 9.82. The Balaban J connectivity index is 1.80. The lowest BCUT2D eigenvalue weighted by Gasteiger charge is -2.26. The first-order valence-corrected chi connectivity index (χ1v) is 7.38. The van der Waals surface area contributed by atoms with Crippen LogP contribution in [-0.2, 0) is 4.79 Å². The lowest BCUT2D eigenvalue weighted by molar-refractivity contribution is -0.140. The monoisotopic (exact) mass is 289 g/mol. The fraction of sp³-hybridized carbons (Fsp3) is 0.500. The maximum atomic E-state index is 12.1. The molecule has 0 aliphatic heterocycles. The van der Waals surface area contributed by atoms with Crippen LogP contribution in [0, 0.1) is 18.8 Å². The van der Waals surface area contributed by atoms with Gasteiger partial charge < -0.3 is 16.2 Å². The Labute approximate surface area is 125 Å². The second kappa shape index (κ2) is 7.11. The molecule has 0 atom stereocenters. The Kier molecular flexibility index (Phi) is 5.20. The topological polar surface area (TPSA) is 90.7 Å². The fourth-order valence-corrected chi connectivity index (χ4v) is 2.62. The summed E-state index contributed by atoms with van der Waals surface area (Å²) in [5.41, 5.74) is 11.8. The van der Waals surface area contributed by atoms with E-state index in [0.717, 1.165) is 31.2 Å². The van der Waals surface area contributed by atoms with Crippen molar-refractivity contribution >= 4 is 11.9 Å². The zero-order valence-corrected chi connectivity index (χ0v) is 12.4. The first-order chi connectivity index (χ1) is 10.0. The Morgan fingerprint density at radius 2 is 1.81 bits per heavy atom. The summed E-state index contributed by atoms with van der Waals surface area (Å²) in [7, 11) is 0. The second-order valence-electron chi connectivity index (χ2n) is 5.72. The highest BCUT2D eigenvalue weighted by Gasteiger charge is 2.27. The Hall–Kier alpha value is -2.04. The standard InChI is InChI=1S/C16H23N3O2/c1-11-2-8-14(9-3-11)21-15(20)13-6-4-12(5-7-13)10-19-16(17)18/h2-3,8-9,12-13H,4-7,10H2,1H3,(H4,17,18,19). The third-order valence-corrected chi connectivity index (χ3v) is 3.95. The zero-order chi connectivity index (χ0) is 15.2. The van der Waals surface area contributed by atoms with Crippen molar-refractivity contribution < 1.29 is 9.53 Å². The molecule has 1 aromatic carbocycles. The van der Waals surface area contributed by atoms with Gasteiger partial charge in [-0.1, -0.05) is 17.7 Å². The molecule has 1 saturated carbocycles. The highest BCUT2D eigenvalue weighted by molar-refractivity contribution is 5.76. The smallest absolute Gasteiger partial charge is 0.314 e. The molecule has 0 aromatic heterocycles. The van der Waals surface area contributed by atoms with Crippen molar-refractivity contribution in [1.29, 1.82) is 0 Å². The molecule has 0 bridgehead atoms. The van der Waals surface area contributed by atoms with Crippen LogP contribution in [0.1, 0.15) is 31.2 Å². The molecule has 0 unspecified atom stereocenters. The van der Waals surface area contributed by atoms with Gasteiger partial charge in [-0.2, -0.15) is 0 Å². The number of esters is 1. The molecule has 5 heteroatoms. The number of nitrogens with two attached hydrogens (primary N) is 2. The predicted molar refractivity (Wildman–Crippen MR) is 82.9 cm³/mol. The number of hydrogen-bond donors (Lipinski definition) is 2. The third kappa shape index (κ3) is 4.77. The number of aliphatic imine (C=N–C) groups is 1. The first kappa shape index (κ1) is 15.4. The van der Waals surface area contributed by atoms with E-state index in [4.69, 9.17) is 16.2 Å². The van der Waals surface area contributed by atoms with Crippen molar-refractivity contribution in [3.05, 3.63) is 29.8 Å². The van der Waals surface area contributed by atoms with E-state index in [1.165, 1.54) is 0 Å². The van der Waals surface area contributed by atoms with Crippen LogP contribution in [0.4, 0.5) is 0 Å². The Morgan fingerprint density at radius 1 is 1.19 bits per heavy atom. The summed E-state index contributed by atoms with van der Waals surface area (Å²) < 4.78 is 5.44. The van der Waals surface area contributed by atoms with Crippen molar-refractivity contribution in [3.63, 3.8) is 0 Å². The summed E-state index contributed by atoms with van der Waals surface area (Å²) >= 11 is 0. The van der Waals surface area contributed by atoms with Crippen LogP contribution < -0.4 is 16.2 Å². The van der Waals surface area contributed by atoms with Gasteiger partial charge in [-0.05, 0) is 50.7 Å². The first-order valence-electron chi connectivity index (χ1n) is 7.38. The van der Waals surface area contributed by atoms with E-state index >= 15 is 0 Å². The van der Waals surface area contributed by atoms with Gasteiger partial charge >= 0.3 is 5.97 Å². The largest absolute Gasteiger partial charge is 0.426 e. The molecule has 0 heterocycles. The molecule has 0 saturated heterocycles. The summed E-state index contributed by atoms with van der Waals surface area (Å²) in [6.45, 7) is 2.66. The van der Waals surface area contributed by atoms with Gasteiger partial charge in [0.25, 0.3) is 0 Å². The van der Waals surface area contributed by atoms with Gasteiger partial charge in [-0.15, -0.1) is 0 Å². The predicted octanol–water partition coefficient (Wildman–Crippen LogP) is 1.98. The second-order valence-corrected chi connectivity index (χ2v) is 5.72. The van der Waals surface area contributed by atoms with Crippen molar-refractivity contribution in [2.24, 2.45) is 28.3 Å². The molecular formula is C16H23N3O2. The molecule has 1 fully saturated rings. The summed E-state index contributed by atoms with van der Waals surface area (Å²) in [5.74, 6) is 1.08. The van der Waals surface area contributed by atoms with E-state index in [1.54, 1.807) is 0 Å².